The Hall–Kier alpha value is -6.01. The van der Waals surface area contributed by atoms with E-state index < -0.39 is 23.7 Å². The van der Waals surface area contributed by atoms with E-state index in [1.165, 1.54) is 0 Å². The number of rotatable bonds is 26. The largest absolute Gasteiger partial charge is 0.493 e. The summed E-state index contributed by atoms with van der Waals surface area (Å²) >= 11 is 1.88. The van der Waals surface area contributed by atoms with Gasteiger partial charge in [0.25, 0.3) is 0 Å². The van der Waals surface area contributed by atoms with Crippen molar-refractivity contribution in [3.63, 3.8) is 0 Å². The number of carboxylic acid groups (broad SMARTS) is 1. The molecule has 2 saturated heterocycles. The number of carbonyl (C=O) groups excluding carboxylic acids is 3. The van der Waals surface area contributed by atoms with Crippen molar-refractivity contribution < 1.29 is 48.0 Å². The van der Waals surface area contributed by atoms with Gasteiger partial charge in [0.1, 0.15) is 5.75 Å². The third kappa shape index (κ3) is 13.5. The molecular formula is C44H54N8O10S. The molecule has 3 heterocycles. The second-order valence-electron chi connectivity index (χ2n) is 15.1. The van der Waals surface area contributed by atoms with Crippen LogP contribution in [0.2, 0.25) is 0 Å². The Balaban J connectivity index is 0.816. The van der Waals surface area contributed by atoms with Crippen LogP contribution in [0, 0.1) is 0 Å². The van der Waals surface area contributed by atoms with Gasteiger partial charge >= 0.3 is 18.1 Å². The van der Waals surface area contributed by atoms with Gasteiger partial charge in [-0.1, -0.05) is 66.1 Å². The zero-order valence-corrected chi connectivity index (χ0v) is 35.8. The number of hydrogen-bond acceptors (Lipinski definition) is 12. The number of carboxylic acids is 1. The van der Waals surface area contributed by atoms with Crippen LogP contribution in [0.15, 0.2) is 89.0 Å². The number of ether oxygens (including phenoxy) is 5. The summed E-state index contributed by atoms with van der Waals surface area (Å²) in [7, 11) is 0. The minimum atomic E-state index is -1.70. The normalized spacial score (nSPS) is 20.9. The number of thioether (sulfide) groups is 1. The number of nitrogens with zero attached hydrogens (tertiary/aromatic N) is 4. The number of unbranched alkanes of at least 4 members (excludes halogenated alkanes) is 1. The number of amides is 4. The SMILES string of the molecule is [N-]=[N+]=NCc1ccccc1[C@@H]1OC(c2ccc(OCCCOC(=O)NCCOCCOCCNC(=O)CCCCC3SCC4NC(=O)NC43)cc2)=N[C@]1(Cc1ccccc1)C(=O)O. The van der Waals surface area contributed by atoms with Crippen molar-refractivity contribution in [2.45, 2.75) is 74.0 Å². The summed E-state index contributed by atoms with van der Waals surface area (Å²) in [5.41, 5.74) is 9.81. The molecule has 19 heteroatoms. The van der Waals surface area contributed by atoms with Crippen molar-refractivity contribution in [3.05, 3.63) is 112 Å². The van der Waals surface area contributed by atoms with Crippen molar-refractivity contribution in [1.82, 2.24) is 21.3 Å². The quantitative estimate of drug-likeness (QED) is 0.0223. The summed E-state index contributed by atoms with van der Waals surface area (Å²) in [5, 5.41) is 26.3. The Morgan fingerprint density at radius 1 is 0.905 bits per heavy atom. The van der Waals surface area contributed by atoms with Gasteiger partial charge in [0.05, 0.1) is 58.3 Å². The van der Waals surface area contributed by atoms with Crippen molar-refractivity contribution >= 4 is 41.7 Å². The minimum absolute atomic E-state index is 0.00268. The molecule has 18 nitrogen and oxygen atoms in total. The van der Waals surface area contributed by atoms with Crippen LogP contribution in [-0.4, -0.2) is 116 Å². The van der Waals surface area contributed by atoms with E-state index in [0.29, 0.717) is 66.9 Å². The first-order valence-electron chi connectivity index (χ1n) is 21.1. The van der Waals surface area contributed by atoms with E-state index >= 15 is 0 Å². The van der Waals surface area contributed by atoms with Crippen LogP contribution in [0.5, 0.6) is 5.75 Å². The Labute approximate surface area is 369 Å². The predicted octanol–water partition coefficient (Wildman–Crippen LogP) is 5.45. The number of alkyl carbamates (subject to hydrolysis) is 1. The highest BCUT2D eigenvalue weighted by Gasteiger charge is 2.54. The van der Waals surface area contributed by atoms with Crippen LogP contribution < -0.4 is 26.0 Å². The highest BCUT2D eigenvalue weighted by atomic mass is 32.2. The van der Waals surface area contributed by atoms with Crippen LogP contribution >= 0.6 is 11.8 Å². The number of aliphatic imine (C=N–C) groups is 1. The number of carbonyl (C=O) groups is 4. The number of urea groups is 1. The van der Waals surface area contributed by atoms with Gasteiger partial charge in [-0.2, -0.15) is 11.8 Å². The van der Waals surface area contributed by atoms with Crippen molar-refractivity contribution in [1.29, 1.82) is 0 Å². The third-order valence-electron chi connectivity index (χ3n) is 10.7. The summed E-state index contributed by atoms with van der Waals surface area (Å²) in [6, 6.07) is 23.6. The van der Waals surface area contributed by atoms with E-state index in [0.717, 1.165) is 30.6 Å². The van der Waals surface area contributed by atoms with Crippen LogP contribution in [-0.2, 0) is 41.5 Å². The molecule has 2 fully saturated rings. The number of nitrogens with one attached hydrogen (secondary N) is 4. The van der Waals surface area contributed by atoms with Gasteiger partial charge in [0.2, 0.25) is 17.3 Å². The lowest BCUT2D eigenvalue weighted by atomic mass is 9.81. The average molecular weight is 887 g/mol. The second-order valence-corrected chi connectivity index (χ2v) is 16.4. The number of azide groups is 1. The molecule has 3 aliphatic rings. The summed E-state index contributed by atoms with van der Waals surface area (Å²) in [6.45, 7) is 2.48. The Bertz CT molecular complexity index is 2070. The van der Waals surface area contributed by atoms with Gasteiger partial charge < -0.3 is 50.1 Å². The standard InChI is InChI=1S/C44H54N8O10S/c45-52-48-28-32-11-4-5-12-34(32)39-44(41(54)55,27-30-9-2-1-3-10-30)51-40(62-39)31-15-17-33(18-16-31)60-21-8-22-61-43(57)47-20-24-59-26-25-58-23-19-46-37(53)14-7-6-13-36-38-35(29-63-36)49-42(56)50-38/h1-5,9-12,15-18,35-36,38-39H,6-8,13-14,19-29H2,(H,46,53)(H,47,57)(H,54,55)(H2,49,50,56)/t35?,36?,38?,39-,44-/m0/s1. The van der Waals surface area contributed by atoms with Gasteiger partial charge in [-0.25, -0.2) is 19.4 Å². The maximum atomic E-state index is 13.1. The molecule has 4 amide bonds. The lowest BCUT2D eigenvalue weighted by Crippen LogP contribution is -2.43. The molecule has 336 valence electrons. The first-order valence-corrected chi connectivity index (χ1v) is 22.2. The van der Waals surface area contributed by atoms with Crippen LogP contribution in [0.4, 0.5) is 9.59 Å². The molecule has 3 aromatic carbocycles. The van der Waals surface area contributed by atoms with Crippen molar-refractivity contribution in [3.8, 4) is 5.75 Å². The molecule has 0 saturated carbocycles. The predicted molar refractivity (Wildman–Crippen MR) is 235 cm³/mol. The lowest BCUT2D eigenvalue weighted by molar-refractivity contribution is -0.146. The molecule has 0 bridgehead atoms. The summed E-state index contributed by atoms with van der Waals surface area (Å²) < 4.78 is 28.4. The Morgan fingerprint density at radius 3 is 2.41 bits per heavy atom. The van der Waals surface area contributed by atoms with E-state index in [2.05, 4.69) is 31.3 Å². The molecule has 6 rings (SSSR count). The van der Waals surface area contributed by atoms with Crippen LogP contribution in [0.1, 0.15) is 60.5 Å². The van der Waals surface area contributed by atoms with Gasteiger partial charge in [0, 0.05) is 53.8 Å². The maximum absolute atomic E-state index is 13.1. The molecule has 3 unspecified atom stereocenters. The topological polar surface area (TPSA) is 244 Å². The highest BCUT2D eigenvalue weighted by Crippen LogP contribution is 2.44. The first-order chi connectivity index (χ1) is 30.8. The van der Waals surface area contributed by atoms with E-state index in [-0.39, 0.29) is 69.3 Å². The van der Waals surface area contributed by atoms with E-state index in [1.807, 2.05) is 42.1 Å². The third-order valence-corrected chi connectivity index (χ3v) is 12.2. The molecule has 0 aliphatic carbocycles. The molecule has 3 aromatic rings. The zero-order valence-electron chi connectivity index (χ0n) is 34.9. The van der Waals surface area contributed by atoms with Gasteiger partial charge in [0.15, 0.2) is 6.10 Å². The molecular weight excluding hydrogens is 833 g/mol. The highest BCUT2D eigenvalue weighted by molar-refractivity contribution is 8.00. The Morgan fingerprint density at radius 2 is 1.65 bits per heavy atom. The molecule has 5 N–H and O–H groups in total. The number of benzene rings is 3. The van der Waals surface area contributed by atoms with Gasteiger partial charge in [-0.05, 0) is 59.3 Å². The molecule has 0 radical (unpaired) electrons. The summed E-state index contributed by atoms with van der Waals surface area (Å²) in [5.74, 6) is 0.496. The molecule has 5 atom stereocenters. The lowest BCUT2D eigenvalue weighted by Gasteiger charge is -2.29. The summed E-state index contributed by atoms with van der Waals surface area (Å²) in [4.78, 5) is 56.5. The van der Waals surface area contributed by atoms with E-state index in [9.17, 15) is 24.3 Å². The van der Waals surface area contributed by atoms with Crippen LogP contribution in [0.3, 0.4) is 0 Å². The molecule has 0 aromatic heterocycles. The van der Waals surface area contributed by atoms with Crippen molar-refractivity contribution in [2.24, 2.45) is 10.1 Å². The number of aliphatic carboxylic acids is 1. The first kappa shape index (κ1) is 46.5. The fourth-order valence-corrected chi connectivity index (χ4v) is 9.12. The molecule has 3 aliphatic heterocycles. The number of fused-ring (bicyclic) bond motifs is 1. The van der Waals surface area contributed by atoms with Gasteiger partial charge in [-0.3, -0.25) is 4.79 Å². The minimum Gasteiger partial charge on any atom is -0.493 e. The second kappa shape index (κ2) is 24.0. The van der Waals surface area contributed by atoms with E-state index in [4.69, 9.17) is 34.2 Å². The monoisotopic (exact) mass is 886 g/mol. The smallest absolute Gasteiger partial charge is 0.407 e. The molecule has 0 spiro atoms. The van der Waals surface area contributed by atoms with Crippen molar-refractivity contribution in [2.75, 3.05) is 58.5 Å². The van der Waals surface area contributed by atoms with Crippen LogP contribution in [0.25, 0.3) is 10.4 Å². The maximum Gasteiger partial charge on any atom is 0.407 e. The number of hydrogen-bond donors (Lipinski definition) is 5. The fourth-order valence-electron chi connectivity index (χ4n) is 7.58. The molecule has 63 heavy (non-hydrogen) atoms. The Kier molecular flexibility index (Phi) is 17.7. The average Bonchev–Trinajstić information content (AvgIpc) is 3.98. The van der Waals surface area contributed by atoms with Gasteiger partial charge in [-0.15, -0.1) is 0 Å². The zero-order chi connectivity index (χ0) is 44.3. The fraction of sp³-hybridized carbons (Fsp3) is 0.477. The summed E-state index contributed by atoms with van der Waals surface area (Å²) in [6.07, 6.45) is 2.11. The van der Waals surface area contributed by atoms with E-state index in [1.54, 1.807) is 48.5 Å².